The van der Waals surface area contributed by atoms with E-state index in [1.807, 2.05) is 0 Å². The van der Waals surface area contributed by atoms with Gasteiger partial charge in [-0.1, -0.05) is 11.3 Å². The Morgan fingerprint density at radius 1 is 1.06 bits per heavy atom. The molecule has 0 radical (unpaired) electrons. The summed E-state index contributed by atoms with van der Waals surface area (Å²) in [5.74, 6) is -0.248. The highest BCUT2D eigenvalue weighted by molar-refractivity contribution is 7.16. The van der Waals surface area contributed by atoms with Crippen molar-refractivity contribution >= 4 is 45.0 Å². The van der Waals surface area contributed by atoms with Gasteiger partial charge in [-0.2, -0.15) is 4.99 Å². The zero-order chi connectivity index (χ0) is 23.3. The molecule has 0 saturated heterocycles. The standard InChI is InChI=1S/C22H23N3O6S/c1-5-31-20(27)12-25-16-8-7-15(23-13(2)26)11-19(16)32-22(25)24-21(28)14-6-9-17(29-3)18(10-14)30-4/h6-11H,5,12H2,1-4H3,(H,23,26). The van der Waals surface area contributed by atoms with Crippen LogP contribution < -0.4 is 19.6 Å². The van der Waals surface area contributed by atoms with Gasteiger partial charge in [0.05, 0.1) is 31.0 Å². The molecule has 32 heavy (non-hydrogen) atoms. The van der Waals surface area contributed by atoms with Gasteiger partial charge >= 0.3 is 5.97 Å². The number of rotatable bonds is 7. The molecule has 0 saturated carbocycles. The van der Waals surface area contributed by atoms with Gasteiger partial charge in [0.2, 0.25) is 5.91 Å². The molecule has 0 fully saturated rings. The SMILES string of the molecule is CCOC(=O)Cn1c(=NC(=O)c2ccc(OC)c(OC)c2)sc2cc(NC(C)=O)ccc21. The lowest BCUT2D eigenvalue weighted by atomic mass is 10.2. The fourth-order valence-corrected chi connectivity index (χ4v) is 4.12. The third-order valence-electron chi connectivity index (χ3n) is 4.42. The molecular weight excluding hydrogens is 434 g/mol. The maximum absolute atomic E-state index is 12.9. The van der Waals surface area contributed by atoms with Crippen LogP contribution in [-0.4, -0.2) is 43.2 Å². The summed E-state index contributed by atoms with van der Waals surface area (Å²) in [6.07, 6.45) is 0. The second kappa shape index (κ2) is 10.1. The van der Waals surface area contributed by atoms with E-state index in [-0.39, 0.29) is 19.1 Å². The number of thiazole rings is 1. The Hall–Kier alpha value is -3.66. The summed E-state index contributed by atoms with van der Waals surface area (Å²) in [4.78, 5) is 41.0. The second-order valence-corrected chi connectivity index (χ2v) is 7.64. The van der Waals surface area contributed by atoms with Gasteiger partial charge in [-0.05, 0) is 43.3 Å². The van der Waals surface area contributed by atoms with Gasteiger partial charge in [0.1, 0.15) is 6.54 Å². The van der Waals surface area contributed by atoms with Crippen molar-refractivity contribution in [2.75, 3.05) is 26.1 Å². The average molecular weight is 458 g/mol. The van der Waals surface area contributed by atoms with Crippen LogP contribution in [0.1, 0.15) is 24.2 Å². The van der Waals surface area contributed by atoms with Gasteiger partial charge in [-0.3, -0.25) is 14.4 Å². The van der Waals surface area contributed by atoms with Crippen LogP contribution >= 0.6 is 11.3 Å². The summed E-state index contributed by atoms with van der Waals surface area (Å²) < 4.78 is 17.9. The van der Waals surface area contributed by atoms with E-state index in [0.717, 1.165) is 4.70 Å². The molecular formula is C22H23N3O6S. The van der Waals surface area contributed by atoms with E-state index in [0.29, 0.717) is 33.1 Å². The third-order valence-corrected chi connectivity index (χ3v) is 5.46. The molecule has 0 spiro atoms. The number of fused-ring (bicyclic) bond motifs is 1. The number of esters is 1. The second-order valence-electron chi connectivity index (χ2n) is 6.63. The van der Waals surface area contributed by atoms with Crippen molar-refractivity contribution in [3.05, 3.63) is 46.8 Å². The molecule has 0 aliphatic heterocycles. The van der Waals surface area contributed by atoms with Crippen molar-refractivity contribution in [2.45, 2.75) is 20.4 Å². The Labute approximate surface area is 188 Å². The first kappa shape index (κ1) is 23.0. The Bertz CT molecular complexity index is 1240. The lowest BCUT2D eigenvalue weighted by Gasteiger charge is -2.08. The Balaban J connectivity index is 2.09. The van der Waals surface area contributed by atoms with Crippen LogP contribution in [0.3, 0.4) is 0 Å². The number of amides is 2. The highest BCUT2D eigenvalue weighted by Gasteiger charge is 2.15. The summed E-state index contributed by atoms with van der Waals surface area (Å²) in [6.45, 7) is 3.28. The molecule has 2 aromatic carbocycles. The number of nitrogens with zero attached hydrogens (tertiary/aromatic N) is 2. The third kappa shape index (κ3) is 5.14. The molecule has 0 unspecified atom stereocenters. The van der Waals surface area contributed by atoms with Crippen molar-refractivity contribution in [2.24, 2.45) is 4.99 Å². The van der Waals surface area contributed by atoms with Gasteiger partial charge in [-0.15, -0.1) is 0 Å². The van der Waals surface area contributed by atoms with Crippen LogP contribution in [0.2, 0.25) is 0 Å². The summed E-state index contributed by atoms with van der Waals surface area (Å²) in [5, 5.41) is 2.72. The van der Waals surface area contributed by atoms with Gasteiger partial charge in [0, 0.05) is 18.2 Å². The number of carbonyl (C=O) groups is 3. The minimum atomic E-state index is -0.503. The molecule has 2 amide bonds. The molecule has 0 bridgehead atoms. The fraction of sp³-hybridized carbons (Fsp3) is 0.273. The van der Waals surface area contributed by atoms with Crippen molar-refractivity contribution in [1.29, 1.82) is 0 Å². The van der Waals surface area contributed by atoms with Crippen molar-refractivity contribution in [3.63, 3.8) is 0 Å². The van der Waals surface area contributed by atoms with Crippen molar-refractivity contribution in [1.82, 2.24) is 4.57 Å². The van der Waals surface area contributed by atoms with Crippen LogP contribution in [0, 0.1) is 0 Å². The first-order valence-electron chi connectivity index (χ1n) is 9.74. The lowest BCUT2D eigenvalue weighted by molar-refractivity contribution is -0.143. The quantitative estimate of drug-likeness (QED) is 0.547. The smallest absolute Gasteiger partial charge is 0.326 e. The number of aromatic nitrogens is 1. The molecule has 1 N–H and O–H groups in total. The zero-order valence-electron chi connectivity index (χ0n) is 18.1. The minimum Gasteiger partial charge on any atom is -0.493 e. The summed E-state index contributed by atoms with van der Waals surface area (Å²) >= 11 is 1.23. The maximum Gasteiger partial charge on any atom is 0.326 e. The summed E-state index contributed by atoms with van der Waals surface area (Å²) in [5.41, 5.74) is 1.60. The maximum atomic E-state index is 12.9. The topological polar surface area (TPSA) is 108 Å². The van der Waals surface area contributed by atoms with Crippen LogP contribution in [0.15, 0.2) is 41.4 Å². The van der Waals surface area contributed by atoms with Gasteiger partial charge < -0.3 is 24.1 Å². The molecule has 0 atom stereocenters. The highest BCUT2D eigenvalue weighted by Crippen LogP contribution is 2.28. The number of carbonyl (C=O) groups excluding carboxylic acids is 3. The predicted molar refractivity (Wildman–Crippen MR) is 120 cm³/mol. The number of benzene rings is 2. The molecule has 0 aliphatic rings. The van der Waals surface area contributed by atoms with Gasteiger partial charge in [0.15, 0.2) is 16.3 Å². The largest absolute Gasteiger partial charge is 0.493 e. The molecule has 10 heteroatoms. The van der Waals surface area contributed by atoms with Crippen LogP contribution in [0.4, 0.5) is 5.69 Å². The van der Waals surface area contributed by atoms with Crippen LogP contribution in [0.25, 0.3) is 10.2 Å². The van der Waals surface area contributed by atoms with E-state index in [2.05, 4.69) is 10.3 Å². The number of ether oxygens (including phenoxy) is 3. The molecule has 0 aliphatic carbocycles. The molecule has 168 valence electrons. The van der Waals surface area contributed by atoms with E-state index < -0.39 is 11.9 Å². The lowest BCUT2D eigenvalue weighted by Crippen LogP contribution is -2.23. The number of anilines is 1. The van der Waals surface area contributed by atoms with Crippen LogP contribution in [-0.2, 0) is 20.9 Å². The highest BCUT2D eigenvalue weighted by atomic mass is 32.1. The molecule has 9 nitrogen and oxygen atoms in total. The molecule has 3 aromatic rings. The Kier molecular flexibility index (Phi) is 7.26. The van der Waals surface area contributed by atoms with Gasteiger partial charge in [-0.25, -0.2) is 0 Å². The van der Waals surface area contributed by atoms with Crippen molar-refractivity contribution < 1.29 is 28.6 Å². The Morgan fingerprint density at radius 3 is 2.47 bits per heavy atom. The average Bonchev–Trinajstić information content (AvgIpc) is 3.08. The summed E-state index contributed by atoms with van der Waals surface area (Å²) in [7, 11) is 2.99. The summed E-state index contributed by atoms with van der Waals surface area (Å²) in [6, 6.07) is 10.0. The number of methoxy groups -OCH3 is 2. The normalized spacial score (nSPS) is 11.3. The molecule has 1 heterocycles. The number of nitrogens with one attached hydrogen (secondary N) is 1. The van der Waals surface area contributed by atoms with Crippen molar-refractivity contribution in [3.8, 4) is 11.5 Å². The monoisotopic (exact) mass is 457 g/mol. The Morgan fingerprint density at radius 2 is 1.81 bits per heavy atom. The van der Waals surface area contributed by atoms with E-state index in [1.54, 1.807) is 47.9 Å². The van der Waals surface area contributed by atoms with E-state index >= 15 is 0 Å². The van der Waals surface area contributed by atoms with Gasteiger partial charge in [0.25, 0.3) is 5.91 Å². The first-order valence-corrected chi connectivity index (χ1v) is 10.6. The zero-order valence-corrected chi connectivity index (χ0v) is 18.9. The predicted octanol–water partition coefficient (Wildman–Crippen LogP) is 2.98. The molecule has 1 aromatic heterocycles. The minimum absolute atomic E-state index is 0.106. The number of hydrogen-bond acceptors (Lipinski definition) is 7. The van der Waals surface area contributed by atoms with E-state index in [4.69, 9.17) is 14.2 Å². The first-order chi connectivity index (χ1) is 15.4. The van der Waals surface area contributed by atoms with E-state index in [1.165, 1.54) is 32.5 Å². The fourth-order valence-electron chi connectivity index (χ4n) is 3.05. The van der Waals surface area contributed by atoms with Crippen LogP contribution in [0.5, 0.6) is 11.5 Å². The number of hydrogen-bond donors (Lipinski definition) is 1. The van der Waals surface area contributed by atoms with E-state index in [9.17, 15) is 14.4 Å². The molecule has 3 rings (SSSR count).